The van der Waals surface area contributed by atoms with E-state index in [0.29, 0.717) is 12.1 Å². The lowest BCUT2D eigenvalue weighted by atomic mass is 9.94. The smallest absolute Gasteiger partial charge is 0.0729 e. The van der Waals surface area contributed by atoms with Gasteiger partial charge in [0.05, 0.1) is 19.3 Å². The standard InChI is InChI=1S/C13H27NO2/c1-3-15-10-11-16-13-9-7-5-4-6-8-12(13)14-2/h12-14H,3-11H2,1-2H3. The van der Waals surface area contributed by atoms with Crippen LogP contribution in [0.3, 0.4) is 0 Å². The first-order valence-corrected chi connectivity index (χ1v) is 6.75. The summed E-state index contributed by atoms with van der Waals surface area (Å²) in [6, 6.07) is 0.530. The zero-order chi connectivity index (χ0) is 11.6. The molecule has 0 aromatic carbocycles. The van der Waals surface area contributed by atoms with E-state index in [1.807, 2.05) is 14.0 Å². The Bertz CT molecular complexity index is 164. The molecule has 0 heterocycles. The summed E-state index contributed by atoms with van der Waals surface area (Å²) in [5.41, 5.74) is 0. The Morgan fingerprint density at radius 3 is 2.50 bits per heavy atom. The first-order chi connectivity index (χ1) is 7.88. The molecule has 3 nitrogen and oxygen atoms in total. The maximum atomic E-state index is 5.94. The van der Waals surface area contributed by atoms with Crippen LogP contribution in [0.2, 0.25) is 0 Å². The van der Waals surface area contributed by atoms with E-state index in [0.717, 1.165) is 19.8 Å². The number of hydrogen-bond donors (Lipinski definition) is 1. The Hall–Kier alpha value is -0.120. The molecular formula is C13H27NO2. The Balaban J connectivity index is 2.26. The predicted molar refractivity (Wildman–Crippen MR) is 66.8 cm³/mol. The average Bonchev–Trinajstić information content (AvgIpc) is 2.27. The molecule has 0 aliphatic heterocycles. The van der Waals surface area contributed by atoms with E-state index < -0.39 is 0 Å². The van der Waals surface area contributed by atoms with Crippen molar-refractivity contribution in [3.63, 3.8) is 0 Å². The van der Waals surface area contributed by atoms with Crippen LogP contribution >= 0.6 is 0 Å². The largest absolute Gasteiger partial charge is 0.379 e. The highest BCUT2D eigenvalue weighted by Crippen LogP contribution is 2.19. The molecule has 1 fully saturated rings. The summed E-state index contributed by atoms with van der Waals surface area (Å²) < 4.78 is 11.2. The molecule has 0 spiro atoms. The Morgan fingerprint density at radius 1 is 1.06 bits per heavy atom. The van der Waals surface area contributed by atoms with Crippen molar-refractivity contribution in [3.05, 3.63) is 0 Å². The summed E-state index contributed by atoms with van der Waals surface area (Å²) in [7, 11) is 2.05. The molecule has 0 aromatic rings. The minimum Gasteiger partial charge on any atom is -0.379 e. The van der Waals surface area contributed by atoms with Gasteiger partial charge in [-0.05, 0) is 26.8 Å². The molecule has 3 heteroatoms. The molecule has 0 bridgehead atoms. The highest BCUT2D eigenvalue weighted by molar-refractivity contribution is 4.78. The Morgan fingerprint density at radius 2 is 1.81 bits per heavy atom. The molecule has 0 saturated heterocycles. The van der Waals surface area contributed by atoms with Gasteiger partial charge in [-0.1, -0.05) is 25.7 Å². The molecule has 1 rings (SSSR count). The van der Waals surface area contributed by atoms with Crippen molar-refractivity contribution in [2.24, 2.45) is 0 Å². The number of ether oxygens (including phenoxy) is 2. The molecule has 2 unspecified atom stereocenters. The zero-order valence-electron chi connectivity index (χ0n) is 10.8. The van der Waals surface area contributed by atoms with Gasteiger partial charge in [-0.2, -0.15) is 0 Å². The van der Waals surface area contributed by atoms with Gasteiger partial charge in [0.15, 0.2) is 0 Å². The molecule has 2 atom stereocenters. The number of rotatable bonds is 6. The fraction of sp³-hybridized carbons (Fsp3) is 1.00. The van der Waals surface area contributed by atoms with E-state index in [-0.39, 0.29) is 0 Å². The average molecular weight is 229 g/mol. The van der Waals surface area contributed by atoms with Gasteiger partial charge in [-0.25, -0.2) is 0 Å². The number of nitrogens with one attached hydrogen (secondary N) is 1. The summed E-state index contributed by atoms with van der Waals surface area (Å²) >= 11 is 0. The van der Waals surface area contributed by atoms with Crippen molar-refractivity contribution in [2.75, 3.05) is 26.9 Å². The fourth-order valence-electron chi connectivity index (χ4n) is 2.38. The van der Waals surface area contributed by atoms with E-state index in [2.05, 4.69) is 5.32 Å². The molecule has 1 N–H and O–H groups in total. The molecule has 0 aromatic heterocycles. The predicted octanol–water partition coefficient (Wildman–Crippen LogP) is 2.35. The lowest BCUT2D eigenvalue weighted by Crippen LogP contribution is -2.40. The van der Waals surface area contributed by atoms with Crippen LogP contribution in [0.5, 0.6) is 0 Å². The lowest BCUT2D eigenvalue weighted by Gasteiger charge is -2.29. The molecule has 0 radical (unpaired) electrons. The summed E-state index contributed by atoms with van der Waals surface area (Å²) in [6.45, 7) is 4.26. The van der Waals surface area contributed by atoms with Gasteiger partial charge in [0.1, 0.15) is 0 Å². The second-order valence-corrected chi connectivity index (χ2v) is 4.49. The van der Waals surface area contributed by atoms with Crippen LogP contribution in [0.1, 0.15) is 45.4 Å². The van der Waals surface area contributed by atoms with Crippen molar-refractivity contribution in [3.8, 4) is 0 Å². The monoisotopic (exact) mass is 229 g/mol. The van der Waals surface area contributed by atoms with E-state index in [1.165, 1.54) is 38.5 Å². The van der Waals surface area contributed by atoms with Crippen LogP contribution in [0.25, 0.3) is 0 Å². The topological polar surface area (TPSA) is 30.5 Å². The molecule has 0 amide bonds. The van der Waals surface area contributed by atoms with E-state index in [4.69, 9.17) is 9.47 Å². The van der Waals surface area contributed by atoms with E-state index in [1.54, 1.807) is 0 Å². The van der Waals surface area contributed by atoms with E-state index >= 15 is 0 Å². The summed E-state index contributed by atoms with van der Waals surface area (Å²) in [6.07, 6.45) is 8.19. The van der Waals surface area contributed by atoms with Gasteiger partial charge in [-0.15, -0.1) is 0 Å². The van der Waals surface area contributed by atoms with Crippen LogP contribution in [0.15, 0.2) is 0 Å². The minimum absolute atomic E-state index is 0.380. The highest BCUT2D eigenvalue weighted by Gasteiger charge is 2.21. The molecule has 96 valence electrons. The molecule has 1 aliphatic rings. The Kier molecular flexibility index (Phi) is 7.81. The third-order valence-electron chi connectivity index (χ3n) is 3.34. The quantitative estimate of drug-likeness (QED) is 0.709. The van der Waals surface area contributed by atoms with Crippen molar-refractivity contribution < 1.29 is 9.47 Å². The summed E-state index contributed by atoms with van der Waals surface area (Å²) in [4.78, 5) is 0. The molecule has 16 heavy (non-hydrogen) atoms. The molecular weight excluding hydrogens is 202 g/mol. The highest BCUT2D eigenvalue weighted by atomic mass is 16.5. The van der Waals surface area contributed by atoms with Crippen LogP contribution in [-0.2, 0) is 9.47 Å². The van der Waals surface area contributed by atoms with Crippen molar-refractivity contribution in [1.29, 1.82) is 0 Å². The van der Waals surface area contributed by atoms with Gasteiger partial charge in [0.2, 0.25) is 0 Å². The molecule has 1 aliphatic carbocycles. The Labute approximate surface area is 99.9 Å². The fourth-order valence-corrected chi connectivity index (χ4v) is 2.38. The van der Waals surface area contributed by atoms with Gasteiger partial charge in [0, 0.05) is 12.6 Å². The lowest BCUT2D eigenvalue weighted by molar-refractivity contribution is -0.0167. The van der Waals surface area contributed by atoms with Crippen LogP contribution in [-0.4, -0.2) is 39.0 Å². The third-order valence-corrected chi connectivity index (χ3v) is 3.34. The first kappa shape index (κ1) is 13.9. The van der Waals surface area contributed by atoms with Gasteiger partial charge < -0.3 is 14.8 Å². The number of likely N-dealkylation sites (N-methyl/N-ethyl adjacent to an activating group) is 1. The summed E-state index contributed by atoms with van der Waals surface area (Å²) in [5, 5.41) is 3.40. The van der Waals surface area contributed by atoms with Gasteiger partial charge >= 0.3 is 0 Å². The first-order valence-electron chi connectivity index (χ1n) is 6.75. The van der Waals surface area contributed by atoms with Crippen molar-refractivity contribution in [2.45, 2.75) is 57.6 Å². The second kappa shape index (κ2) is 8.97. The summed E-state index contributed by atoms with van der Waals surface area (Å²) in [5.74, 6) is 0. The van der Waals surface area contributed by atoms with Crippen molar-refractivity contribution in [1.82, 2.24) is 5.32 Å². The zero-order valence-corrected chi connectivity index (χ0v) is 10.8. The van der Waals surface area contributed by atoms with Crippen molar-refractivity contribution >= 4 is 0 Å². The maximum Gasteiger partial charge on any atom is 0.0729 e. The van der Waals surface area contributed by atoms with Gasteiger partial charge in [-0.3, -0.25) is 0 Å². The van der Waals surface area contributed by atoms with Crippen LogP contribution in [0, 0.1) is 0 Å². The third kappa shape index (κ3) is 5.28. The van der Waals surface area contributed by atoms with Gasteiger partial charge in [0.25, 0.3) is 0 Å². The SMILES string of the molecule is CCOCCOC1CCCCCCC1NC. The van der Waals surface area contributed by atoms with Crippen LogP contribution in [0.4, 0.5) is 0 Å². The maximum absolute atomic E-state index is 5.94. The molecule has 1 saturated carbocycles. The minimum atomic E-state index is 0.380. The second-order valence-electron chi connectivity index (χ2n) is 4.49. The number of hydrogen-bond acceptors (Lipinski definition) is 3. The van der Waals surface area contributed by atoms with E-state index in [9.17, 15) is 0 Å². The van der Waals surface area contributed by atoms with Crippen LogP contribution < -0.4 is 5.32 Å². The normalized spacial score (nSPS) is 27.4.